The number of benzene rings is 1. The molecule has 0 aliphatic carbocycles. The molecule has 1 rings (SSSR count). The van der Waals surface area contributed by atoms with Crippen LogP contribution in [0.15, 0.2) is 18.2 Å². The van der Waals surface area contributed by atoms with Crippen LogP contribution in [0.3, 0.4) is 0 Å². The maximum atomic E-state index is 12.5. The number of carbonyl (C=O) groups is 1. The van der Waals surface area contributed by atoms with E-state index in [0.29, 0.717) is 23.9 Å². The quantitative estimate of drug-likeness (QED) is 0.587. The highest BCUT2D eigenvalue weighted by Gasteiger charge is 2.15. The van der Waals surface area contributed by atoms with E-state index in [1.54, 1.807) is 6.92 Å². The van der Waals surface area contributed by atoms with E-state index >= 15 is 0 Å². The molecule has 0 amide bonds. The molecule has 0 saturated carbocycles. The van der Waals surface area contributed by atoms with Crippen molar-refractivity contribution in [2.24, 2.45) is 0 Å². The zero-order valence-corrected chi connectivity index (χ0v) is 11.0. The molecule has 0 saturated heterocycles. The molecule has 0 aliphatic heterocycles. The first kappa shape index (κ1) is 14.1. The highest BCUT2D eigenvalue weighted by atomic mass is 79.9. The SMILES string of the molecule is CCOc1cc(C(F)F)ccc1C(=O)CCBr. The van der Waals surface area contributed by atoms with Gasteiger partial charge in [-0.15, -0.1) is 0 Å². The van der Waals surface area contributed by atoms with Gasteiger partial charge in [-0.05, 0) is 19.1 Å². The summed E-state index contributed by atoms with van der Waals surface area (Å²) in [5, 5.41) is 0.536. The summed E-state index contributed by atoms with van der Waals surface area (Å²) in [7, 11) is 0. The Labute approximate surface area is 107 Å². The van der Waals surface area contributed by atoms with Crippen molar-refractivity contribution < 1.29 is 18.3 Å². The Morgan fingerprint density at radius 1 is 1.47 bits per heavy atom. The lowest BCUT2D eigenvalue weighted by molar-refractivity contribution is 0.0985. The normalized spacial score (nSPS) is 10.6. The van der Waals surface area contributed by atoms with Gasteiger partial charge < -0.3 is 4.74 Å². The summed E-state index contributed by atoms with van der Waals surface area (Å²) in [5.41, 5.74) is 0.222. The molecule has 0 spiro atoms. The number of ether oxygens (including phenoxy) is 1. The molecule has 0 N–H and O–H groups in total. The largest absolute Gasteiger partial charge is 0.493 e. The van der Waals surface area contributed by atoms with Crippen molar-refractivity contribution in [3.8, 4) is 5.75 Å². The molecular formula is C12H13BrF2O2. The van der Waals surface area contributed by atoms with Crippen LogP contribution in [0.5, 0.6) is 5.75 Å². The Morgan fingerprint density at radius 2 is 2.18 bits per heavy atom. The molecular weight excluding hydrogens is 294 g/mol. The number of hydrogen-bond donors (Lipinski definition) is 0. The molecule has 0 atom stereocenters. The van der Waals surface area contributed by atoms with Gasteiger partial charge in [0.2, 0.25) is 0 Å². The number of carbonyl (C=O) groups excluding carboxylic acids is 1. The zero-order valence-electron chi connectivity index (χ0n) is 9.38. The van der Waals surface area contributed by atoms with Crippen molar-refractivity contribution in [1.82, 2.24) is 0 Å². The molecule has 0 aromatic heterocycles. The monoisotopic (exact) mass is 306 g/mol. The Kier molecular flexibility index (Phi) is 5.55. The number of hydrogen-bond acceptors (Lipinski definition) is 2. The Morgan fingerprint density at radius 3 is 2.71 bits per heavy atom. The van der Waals surface area contributed by atoms with Gasteiger partial charge in [0.05, 0.1) is 12.2 Å². The zero-order chi connectivity index (χ0) is 12.8. The highest BCUT2D eigenvalue weighted by Crippen LogP contribution is 2.27. The van der Waals surface area contributed by atoms with E-state index in [9.17, 15) is 13.6 Å². The number of ketones is 1. The first-order valence-corrected chi connectivity index (χ1v) is 6.36. The Hall–Kier alpha value is -0.970. The molecule has 0 radical (unpaired) electrons. The van der Waals surface area contributed by atoms with Crippen LogP contribution in [0.2, 0.25) is 0 Å². The molecule has 17 heavy (non-hydrogen) atoms. The second-order valence-corrected chi connectivity index (χ2v) is 4.14. The van der Waals surface area contributed by atoms with Crippen LogP contribution in [0.4, 0.5) is 8.78 Å². The molecule has 5 heteroatoms. The summed E-state index contributed by atoms with van der Waals surface area (Å²) >= 11 is 3.17. The Balaban J connectivity index is 3.07. The van der Waals surface area contributed by atoms with E-state index in [2.05, 4.69) is 15.9 Å². The minimum atomic E-state index is -2.56. The van der Waals surface area contributed by atoms with Gasteiger partial charge in [-0.3, -0.25) is 4.79 Å². The smallest absolute Gasteiger partial charge is 0.263 e. The Bertz CT molecular complexity index is 394. The van der Waals surface area contributed by atoms with Crippen molar-refractivity contribution in [2.75, 3.05) is 11.9 Å². The fourth-order valence-corrected chi connectivity index (χ4v) is 1.76. The highest BCUT2D eigenvalue weighted by molar-refractivity contribution is 9.09. The molecule has 94 valence electrons. The summed E-state index contributed by atoms with van der Waals surface area (Å²) in [6.07, 6.45) is -2.25. The van der Waals surface area contributed by atoms with Crippen LogP contribution in [0.1, 0.15) is 35.7 Å². The van der Waals surface area contributed by atoms with E-state index in [1.165, 1.54) is 18.2 Å². The van der Waals surface area contributed by atoms with Crippen molar-refractivity contribution >= 4 is 21.7 Å². The number of alkyl halides is 3. The van der Waals surface area contributed by atoms with Crippen LogP contribution in [0.25, 0.3) is 0 Å². The van der Waals surface area contributed by atoms with Crippen molar-refractivity contribution in [1.29, 1.82) is 0 Å². The third-order valence-electron chi connectivity index (χ3n) is 2.18. The van der Waals surface area contributed by atoms with Crippen LogP contribution in [0, 0.1) is 0 Å². The first-order valence-electron chi connectivity index (χ1n) is 5.24. The molecule has 0 unspecified atom stereocenters. The molecule has 1 aromatic carbocycles. The van der Waals surface area contributed by atoms with Crippen molar-refractivity contribution in [2.45, 2.75) is 19.8 Å². The first-order chi connectivity index (χ1) is 8.10. The number of halogens is 3. The maximum Gasteiger partial charge on any atom is 0.263 e. The second kappa shape index (κ2) is 6.69. The predicted octanol–water partition coefficient (Wildman–Crippen LogP) is 3.99. The average molecular weight is 307 g/mol. The van der Waals surface area contributed by atoms with E-state index in [-0.39, 0.29) is 17.1 Å². The van der Waals surface area contributed by atoms with Crippen LogP contribution < -0.4 is 4.74 Å². The van der Waals surface area contributed by atoms with Crippen molar-refractivity contribution in [3.63, 3.8) is 0 Å². The molecule has 2 nitrogen and oxygen atoms in total. The summed E-state index contributed by atoms with van der Waals surface area (Å²) in [6.45, 7) is 2.08. The van der Waals surface area contributed by atoms with E-state index in [1.807, 2.05) is 0 Å². The third kappa shape index (κ3) is 3.77. The molecule has 0 bridgehead atoms. The van der Waals surface area contributed by atoms with Gasteiger partial charge >= 0.3 is 0 Å². The summed E-state index contributed by atoms with van der Waals surface area (Å²) in [6, 6.07) is 3.89. The van der Waals surface area contributed by atoms with E-state index in [4.69, 9.17) is 4.74 Å². The van der Waals surface area contributed by atoms with E-state index < -0.39 is 6.43 Å². The molecule has 0 aliphatic rings. The molecule has 0 fully saturated rings. The number of rotatable bonds is 6. The summed E-state index contributed by atoms with van der Waals surface area (Å²) in [5.74, 6) is 0.113. The molecule has 1 aromatic rings. The van der Waals surface area contributed by atoms with Gasteiger partial charge in [0.25, 0.3) is 6.43 Å². The predicted molar refractivity (Wildman–Crippen MR) is 65.3 cm³/mol. The maximum absolute atomic E-state index is 12.5. The van der Waals surface area contributed by atoms with Crippen LogP contribution in [-0.2, 0) is 0 Å². The van der Waals surface area contributed by atoms with Gasteiger partial charge in [-0.1, -0.05) is 22.0 Å². The van der Waals surface area contributed by atoms with Gasteiger partial charge in [0.15, 0.2) is 5.78 Å². The fourth-order valence-electron chi connectivity index (χ4n) is 1.40. The molecule has 0 heterocycles. The lowest BCUT2D eigenvalue weighted by atomic mass is 10.1. The number of Topliss-reactive ketones (excluding diaryl/α,β-unsaturated/α-hetero) is 1. The van der Waals surface area contributed by atoms with Crippen LogP contribution in [-0.4, -0.2) is 17.7 Å². The van der Waals surface area contributed by atoms with Gasteiger partial charge in [-0.2, -0.15) is 0 Å². The van der Waals surface area contributed by atoms with E-state index in [0.717, 1.165) is 0 Å². The van der Waals surface area contributed by atoms with Gasteiger partial charge in [0.1, 0.15) is 5.75 Å². The minimum Gasteiger partial charge on any atom is -0.493 e. The average Bonchev–Trinajstić information content (AvgIpc) is 2.29. The van der Waals surface area contributed by atoms with Gasteiger partial charge in [-0.25, -0.2) is 8.78 Å². The summed E-state index contributed by atoms with van der Waals surface area (Å²) in [4.78, 5) is 11.7. The standard InChI is InChI=1S/C12H13BrF2O2/c1-2-17-11-7-8(12(14)15)3-4-9(11)10(16)5-6-13/h3-4,7,12H,2,5-6H2,1H3. The third-order valence-corrected chi connectivity index (χ3v) is 2.58. The topological polar surface area (TPSA) is 26.3 Å². The van der Waals surface area contributed by atoms with Crippen molar-refractivity contribution in [3.05, 3.63) is 29.3 Å². The van der Waals surface area contributed by atoms with Gasteiger partial charge in [0, 0.05) is 17.3 Å². The summed E-state index contributed by atoms with van der Waals surface area (Å²) < 4.78 is 30.3. The lowest BCUT2D eigenvalue weighted by Gasteiger charge is -2.10. The minimum absolute atomic E-state index is 0.119. The lowest BCUT2D eigenvalue weighted by Crippen LogP contribution is -2.05. The van der Waals surface area contributed by atoms with Crippen LogP contribution >= 0.6 is 15.9 Å². The fraction of sp³-hybridized carbons (Fsp3) is 0.417. The second-order valence-electron chi connectivity index (χ2n) is 3.35.